The van der Waals surface area contributed by atoms with Gasteiger partial charge in [-0.05, 0) is 33.7 Å². The van der Waals surface area contributed by atoms with Crippen molar-refractivity contribution in [1.29, 1.82) is 0 Å². The van der Waals surface area contributed by atoms with E-state index in [2.05, 4.69) is 10.3 Å². The molecule has 6 heteroatoms. The molecule has 2 rings (SSSR count). The highest BCUT2D eigenvalue weighted by Gasteiger charge is 2.65. The molecule has 1 fully saturated rings. The molecule has 0 radical (unpaired) electrons. The van der Waals surface area contributed by atoms with E-state index in [1.807, 2.05) is 13.8 Å². The second-order valence-corrected chi connectivity index (χ2v) is 5.05. The second-order valence-electron chi connectivity index (χ2n) is 5.05. The van der Waals surface area contributed by atoms with E-state index in [1.165, 1.54) is 17.1 Å². The van der Waals surface area contributed by atoms with Gasteiger partial charge in [-0.3, -0.25) is 0 Å². The lowest BCUT2D eigenvalue weighted by Gasteiger charge is -2.30. The predicted octanol–water partition coefficient (Wildman–Crippen LogP) is 2.39. The van der Waals surface area contributed by atoms with Gasteiger partial charge >= 0.3 is 6.18 Å². The van der Waals surface area contributed by atoms with E-state index < -0.39 is 17.3 Å². The summed E-state index contributed by atoms with van der Waals surface area (Å²) in [6, 6.07) is 0. The topological polar surface area (TPSA) is 29.9 Å². The first-order chi connectivity index (χ1) is 7.74. The van der Waals surface area contributed by atoms with Gasteiger partial charge in [-0.2, -0.15) is 13.2 Å². The highest BCUT2D eigenvalue weighted by Crippen LogP contribution is 2.56. The zero-order valence-corrected chi connectivity index (χ0v) is 10.1. The minimum atomic E-state index is -4.22. The van der Waals surface area contributed by atoms with Crippen LogP contribution in [0.4, 0.5) is 13.2 Å². The molecule has 3 nitrogen and oxygen atoms in total. The van der Waals surface area contributed by atoms with Crippen LogP contribution < -0.4 is 5.32 Å². The fourth-order valence-electron chi connectivity index (χ4n) is 2.01. The molecule has 0 spiro atoms. The molecule has 0 amide bonds. The van der Waals surface area contributed by atoms with E-state index in [9.17, 15) is 13.2 Å². The van der Waals surface area contributed by atoms with Gasteiger partial charge in [-0.25, -0.2) is 4.98 Å². The summed E-state index contributed by atoms with van der Waals surface area (Å²) in [7, 11) is 1.73. The molecule has 0 aliphatic heterocycles. The summed E-state index contributed by atoms with van der Waals surface area (Å²) in [5.41, 5.74) is -1.69. The number of aromatic nitrogens is 2. The van der Waals surface area contributed by atoms with E-state index in [0.29, 0.717) is 5.69 Å². The standard InChI is InChI=1S/C11H16F3N3/c1-9(2,15-3)8-6-16-7-17(8)10(4-5-10)11(12,13)14/h6-7,15H,4-5H2,1-3H3. The highest BCUT2D eigenvalue weighted by molar-refractivity contribution is 5.19. The molecule has 1 saturated carbocycles. The summed E-state index contributed by atoms with van der Waals surface area (Å²) in [4.78, 5) is 3.88. The molecule has 17 heavy (non-hydrogen) atoms. The van der Waals surface area contributed by atoms with E-state index in [4.69, 9.17) is 0 Å². The minimum absolute atomic E-state index is 0.139. The zero-order valence-electron chi connectivity index (χ0n) is 10.1. The average Bonchev–Trinajstić information content (AvgIpc) is 2.89. The predicted molar refractivity (Wildman–Crippen MR) is 57.6 cm³/mol. The number of nitrogens with zero attached hydrogens (tertiary/aromatic N) is 2. The van der Waals surface area contributed by atoms with Crippen molar-refractivity contribution in [2.45, 2.75) is 43.9 Å². The summed E-state index contributed by atoms with van der Waals surface area (Å²) in [5.74, 6) is 0. The van der Waals surface area contributed by atoms with Crippen LogP contribution in [0.3, 0.4) is 0 Å². The van der Waals surface area contributed by atoms with Crippen molar-refractivity contribution in [1.82, 2.24) is 14.9 Å². The summed E-state index contributed by atoms with van der Waals surface area (Å²) in [6.07, 6.45) is -1.15. The molecule has 0 atom stereocenters. The summed E-state index contributed by atoms with van der Waals surface area (Å²) < 4.78 is 40.5. The molecule has 0 bridgehead atoms. The van der Waals surface area contributed by atoms with Crippen molar-refractivity contribution >= 4 is 0 Å². The van der Waals surface area contributed by atoms with Crippen LogP contribution in [0.25, 0.3) is 0 Å². The SMILES string of the molecule is CNC(C)(C)c1cncn1C1(C(F)(F)F)CC1. The number of nitrogens with one attached hydrogen (secondary N) is 1. The first-order valence-electron chi connectivity index (χ1n) is 5.53. The van der Waals surface area contributed by atoms with Crippen LogP contribution in [0.2, 0.25) is 0 Å². The number of rotatable bonds is 3. The summed E-state index contributed by atoms with van der Waals surface area (Å²) >= 11 is 0. The van der Waals surface area contributed by atoms with Gasteiger partial charge in [0.15, 0.2) is 0 Å². The summed E-state index contributed by atoms with van der Waals surface area (Å²) in [6.45, 7) is 3.68. The van der Waals surface area contributed by atoms with E-state index >= 15 is 0 Å². The molecule has 96 valence electrons. The van der Waals surface area contributed by atoms with E-state index in [-0.39, 0.29) is 12.8 Å². The van der Waals surface area contributed by atoms with Crippen molar-refractivity contribution in [3.05, 3.63) is 18.2 Å². The van der Waals surface area contributed by atoms with Crippen LogP contribution in [-0.4, -0.2) is 22.8 Å². The van der Waals surface area contributed by atoms with Crippen molar-refractivity contribution in [3.8, 4) is 0 Å². The van der Waals surface area contributed by atoms with Crippen molar-refractivity contribution in [2.24, 2.45) is 0 Å². The van der Waals surface area contributed by atoms with Gasteiger partial charge in [0.1, 0.15) is 5.54 Å². The Morgan fingerprint density at radius 2 is 1.94 bits per heavy atom. The average molecular weight is 247 g/mol. The highest BCUT2D eigenvalue weighted by atomic mass is 19.4. The third-order valence-electron chi connectivity index (χ3n) is 3.62. The van der Waals surface area contributed by atoms with Crippen LogP contribution in [0, 0.1) is 0 Å². The number of hydrogen-bond acceptors (Lipinski definition) is 2. The third-order valence-corrected chi connectivity index (χ3v) is 3.62. The fraction of sp³-hybridized carbons (Fsp3) is 0.727. The molecule has 0 unspecified atom stereocenters. The second kappa shape index (κ2) is 3.48. The van der Waals surface area contributed by atoms with Crippen LogP contribution in [0.15, 0.2) is 12.5 Å². The Balaban J connectivity index is 2.46. The van der Waals surface area contributed by atoms with Gasteiger partial charge < -0.3 is 9.88 Å². The number of imidazole rings is 1. The Kier molecular flexibility index (Phi) is 2.54. The largest absolute Gasteiger partial charge is 0.411 e. The number of alkyl halides is 3. The van der Waals surface area contributed by atoms with Crippen molar-refractivity contribution < 1.29 is 13.2 Å². The van der Waals surface area contributed by atoms with Gasteiger partial charge in [0.2, 0.25) is 0 Å². The van der Waals surface area contributed by atoms with Crippen molar-refractivity contribution in [3.63, 3.8) is 0 Å². The van der Waals surface area contributed by atoms with E-state index in [1.54, 1.807) is 7.05 Å². The Morgan fingerprint density at radius 1 is 1.35 bits per heavy atom. The smallest absolute Gasteiger partial charge is 0.318 e. The molecule has 1 aromatic rings. The normalized spacial score (nSPS) is 19.4. The van der Waals surface area contributed by atoms with Crippen LogP contribution in [0.1, 0.15) is 32.4 Å². The Labute approximate surface area is 98.0 Å². The van der Waals surface area contributed by atoms with Gasteiger partial charge in [0.05, 0.1) is 23.8 Å². The molecule has 1 heterocycles. The molecular weight excluding hydrogens is 231 g/mol. The molecule has 1 aliphatic carbocycles. The molecular formula is C11H16F3N3. The van der Waals surface area contributed by atoms with Crippen LogP contribution >= 0.6 is 0 Å². The molecule has 1 aromatic heterocycles. The Morgan fingerprint density at radius 3 is 2.35 bits per heavy atom. The third kappa shape index (κ3) is 1.74. The van der Waals surface area contributed by atoms with Crippen LogP contribution in [-0.2, 0) is 11.1 Å². The number of halogens is 3. The lowest BCUT2D eigenvalue weighted by molar-refractivity contribution is -0.180. The Bertz CT molecular complexity index is 416. The maximum Gasteiger partial charge on any atom is 0.411 e. The first-order valence-corrected chi connectivity index (χ1v) is 5.53. The maximum atomic E-state index is 13.1. The lowest BCUT2D eigenvalue weighted by Crippen LogP contribution is -2.41. The monoisotopic (exact) mass is 247 g/mol. The first kappa shape index (κ1) is 12.4. The maximum absolute atomic E-state index is 13.1. The quantitative estimate of drug-likeness (QED) is 0.888. The fourth-order valence-corrected chi connectivity index (χ4v) is 2.01. The molecule has 0 aromatic carbocycles. The molecule has 1 aliphatic rings. The lowest BCUT2D eigenvalue weighted by atomic mass is 10.0. The van der Waals surface area contributed by atoms with Gasteiger partial charge in [-0.1, -0.05) is 0 Å². The van der Waals surface area contributed by atoms with Gasteiger partial charge in [-0.15, -0.1) is 0 Å². The molecule has 1 N–H and O–H groups in total. The molecule has 0 saturated heterocycles. The van der Waals surface area contributed by atoms with E-state index in [0.717, 1.165) is 0 Å². The minimum Gasteiger partial charge on any atom is -0.318 e. The van der Waals surface area contributed by atoms with Gasteiger partial charge in [0, 0.05) is 0 Å². The van der Waals surface area contributed by atoms with Crippen LogP contribution in [0.5, 0.6) is 0 Å². The van der Waals surface area contributed by atoms with Crippen molar-refractivity contribution in [2.75, 3.05) is 7.05 Å². The zero-order chi connectivity index (χ0) is 12.9. The van der Waals surface area contributed by atoms with Gasteiger partial charge in [0.25, 0.3) is 0 Å². The number of hydrogen-bond donors (Lipinski definition) is 1. The summed E-state index contributed by atoms with van der Waals surface area (Å²) in [5, 5.41) is 3.01. The Hall–Kier alpha value is -1.04.